The van der Waals surface area contributed by atoms with Gasteiger partial charge in [-0.05, 0) is 55.9 Å². The van der Waals surface area contributed by atoms with Crippen molar-refractivity contribution in [3.8, 4) is 0 Å². The van der Waals surface area contributed by atoms with Crippen molar-refractivity contribution in [2.75, 3.05) is 0 Å². The van der Waals surface area contributed by atoms with E-state index in [9.17, 15) is 9.90 Å². The highest BCUT2D eigenvalue weighted by atomic mass is 32.1. The average Bonchev–Trinajstić information content (AvgIpc) is 3.12. The summed E-state index contributed by atoms with van der Waals surface area (Å²) in [5.74, 6) is 0.341. The van der Waals surface area contributed by atoms with Gasteiger partial charge in [0.15, 0.2) is 0 Å². The van der Waals surface area contributed by atoms with E-state index in [0.717, 1.165) is 47.9 Å². The number of amides is 1. The number of benzene rings is 1. The third-order valence-electron chi connectivity index (χ3n) is 4.62. The molecule has 6 nitrogen and oxygen atoms in total. The molecule has 4 rings (SSSR count). The summed E-state index contributed by atoms with van der Waals surface area (Å²) in [6, 6.07) is 6.08. The molecular formula is C18H20N4O2S. The van der Waals surface area contributed by atoms with E-state index >= 15 is 0 Å². The maximum Gasteiger partial charge on any atom is 0.274 e. The quantitative estimate of drug-likeness (QED) is 0.570. The van der Waals surface area contributed by atoms with Gasteiger partial charge in [-0.2, -0.15) is 0 Å². The lowest BCUT2D eigenvalue weighted by atomic mass is 10.1. The van der Waals surface area contributed by atoms with Gasteiger partial charge in [0.05, 0.1) is 27.9 Å². The zero-order valence-corrected chi connectivity index (χ0v) is 14.6. The first-order valence-electron chi connectivity index (χ1n) is 8.56. The lowest BCUT2D eigenvalue weighted by Crippen LogP contribution is -2.27. The van der Waals surface area contributed by atoms with E-state index in [4.69, 9.17) is 0 Å². The van der Waals surface area contributed by atoms with Gasteiger partial charge in [0.2, 0.25) is 5.96 Å². The van der Waals surface area contributed by atoms with Crippen molar-refractivity contribution >= 4 is 39.5 Å². The maximum absolute atomic E-state index is 12.2. The minimum absolute atomic E-state index is 0.146. The molecule has 0 radical (unpaired) electrons. The number of aliphatic imine (C=N–C) groups is 1. The number of nitrogens with one attached hydrogen (secondary N) is 2. The van der Waals surface area contributed by atoms with Gasteiger partial charge in [-0.15, -0.1) is 11.3 Å². The molecule has 0 bridgehead atoms. The fraction of sp³-hybridized carbons (Fsp3) is 0.389. The zero-order chi connectivity index (χ0) is 17.2. The summed E-state index contributed by atoms with van der Waals surface area (Å²) in [6.45, 7) is 0. The molecule has 0 unspecified atom stereocenters. The van der Waals surface area contributed by atoms with Gasteiger partial charge in [0, 0.05) is 0 Å². The Morgan fingerprint density at radius 3 is 3.08 bits per heavy atom. The van der Waals surface area contributed by atoms with E-state index in [1.165, 1.54) is 0 Å². The summed E-state index contributed by atoms with van der Waals surface area (Å²) >= 11 is 1.58. The molecule has 1 aromatic heterocycles. The van der Waals surface area contributed by atoms with Crippen LogP contribution in [0.1, 0.15) is 37.7 Å². The Morgan fingerprint density at radius 1 is 1.24 bits per heavy atom. The first-order valence-corrected chi connectivity index (χ1v) is 9.44. The van der Waals surface area contributed by atoms with E-state index in [-0.39, 0.29) is 18.1 Å². The summed E-state index contributed by atoms with van der Waals surface area (Å²) in [5, 5.41) is 15.6. The smallest absolute Gasteiger partial charge is 0.274 e. The average molecular weight is 356 g/mol. The number of hydrogen-bond acceptors (Lipinski definition) is 5. The monoisotopic (exact) mass is 356 g/mol. The van der Waals surface area contributed by atoms with Gasteiger partial charge in [0.25, 0.3) is 5.91 Å². The minimum Gasteiger partial charge on any atom is -0.393 e. The number of aromatic nitrogens is 1. The van der Waals surface area contributed by atoms with E-state index in [2.05, 4.69) is 20.6 Å². The van der Waals surface area contributed by atoms with Crippen molar-refractivity contribution in [1.82, 2.24) is 15.6 Å². The fourth-order valence-corrected chi connectivity index (χ4v) is 3.98. The van der Waals surface area contributed by atoms with E-state index in [1.807, 2.05) is 29.8 Å². The van der Waals surface area contributed by atoms with Crippen LogP contribution in [-0.2, 0) is 4.79 Å². The summed E-state index contributed by atoms with van der Waals surface area (Å²) in [7, 11) is 0. The Balaban J connectivity index is 1.50. The predicted octanol–water partition coefficient (Wildman–Crippen LogP) is 2.41. The molecule has 1 amide bonds. The third-order valence-corrected chi connectivity index (χ3v) is 5.41. The number of aliphatic hydroxyl groups is 1. The molecule has 2 aromatic rings. The number of aliphatic hydroxyl groups excluding tert-OH is 1. The Kier molecular flexibility index (Phi) is 4.50. The van der Waals surface area contributed by atoms with Crippen molar-refractivity contribution in [2.24, 2.45) is 4.99 Å². The Bertz CT molecular complexity index is 858. The van der Waals surface area contributed by atoms with Crippen LogP contribution in [0.15, 0.2) is 34.4 Å². The predicted molar refractivity (Wildman–Crippen MR) is 99.2 cm³/mol. The Hall–Kier alpha value is -2.25. The van der Waals surface area contributed by atoms with Gasteiger partial charge < -0.3 is 10.4 Å². The van der Waals surface area contributed by atoms with Crippen LogP contribution in [0.3, 0.4) is 0 Å². The number of guanidine groups is 1. The Morgan fingerprint density at radius 2 is 2.16 bits per heavy atom. The molecule has 1 aromatic carbocycles. The van der Waals surface area contributed by atoms with Crippen molar-refractivity contribution in [3.05, 3.63) is 35.0 Å². The van der Waals surface area contributed by atoms with Crippen LogP contribution >= 0.6 is 11.3 Å². The number of nitrogens with zero attached hydrogens (tertiary/aromatic N) is 2. The molecule has 0 spiro atoms. The Labute approximate surface area is 149 Å². The van der Waals surface area contributed by atoms with Crippen LogP contribution in [0, 0.1) is 0 Å². The molecule has 1 saturated carbocycles. The second-order valence-corrected chi connectivity index (χ2v) is 7.40. The SMILES string of the molecule is O=C1NC(=N[C@H]2CCC[C@@H](O)CC2)N/C1=C\c1ccc2ncsc2c1. The van der Waals surface area contributed by atoms with Crippen LogP contribution in [-0.4, -0.2) is 34.1 Å². The van der Waals surface area contributed by atoms with E-state index in [0.29, 0.717) is 11.7 Å². The van der Waals surface area contributed by atoms with Gasteiger partial charge in [-0.3, -0.25) is 10.1 Å². The molecule has 7 heteroatoms. The molecule has 2 aliphatic rings. The van der Waals surface area contributed by atoms with Crippen LogP contribution < -0.4 is 10.6 Å². The number of rotatable bonds is 2. The number of thiazole rings is 1. The van der Waals surface area contributed by atoms with Crippen molar-refractivity contribution in [1.29, 1.82) is 0 Å². The lowest BCUT2D eigenvalue weighted by molar-refractivity contribution is -0.115. The lowest BCUT2D eigenvalue weighted by Gasteiger charge is -2.09. The highest BCUT2D eigenvalue weighted by Crippen LogP contribution is 2.22. The van der Waals surface area contributed by atoms with Gasteiger partial charge in [0.1, 0.15) is 5.70 Å². The van der Waals surface area contributed by atoms with Gasteiger partial charge in [-0.25, -0.2) is 9.98 Å². The number of carbonyl (C=O) groups excluding carboxylic acids is 1. The van der Waals surface area contributed by atoms with Crippen LogP contribution in [0.2, 0.25) is 0 Å². The molecular weight excluding hydrogens is 336 g/mol. The minimum atomic E-state index is -0.214. The fourth-order valence-electron chi connectivity index (χ4n) is 3.26. The van der Waals surface area contributed by atoms with Crippen molar-refractivity contribution < 1.29 is 9.90 Å². The van der Waals surface area contributed by atoms with Crippen molar-refractivity contribution in [2.45, 2.75) is 44.2 Å². The van der Waals surface area contributed by atoms with Crippen LogP contribution in [0.4, 0.5) is 0 Å². The summed E-state index contributed by atoms with van der Waals surface area (Å²) < 4.78 is 1.10. The normalized spacial score (nSPS) is 27.5. The molecule has 1 aliphatic heterocycles. The summed E-state index contributed by atoms with van der Waals surface area (Å²) in [4.78, 5) is 21.1. The molecule has 130 valence electrons. The summed E-state index contributed by atoms with van der Waals surface area (Å²) in [5.41, 5.74) is 4.23. The van der Waals surface area contributed by atoms with Crippen LogP contribution in [0.25, 0.3) is 16.3 Å². The molecule has 25 heavy (non-hydrogen) atoms. The second kappa shape index (κ2) is 6.93. The topological polar surface area (TPSA) is 86.6 Å². The van der Waals surface area contributed by atoms with E-state index in [1.54, 1.807) is 11.3 Å². The van der Waals surface area contributed by atoms with Gasteiger partial charge in [-0.1, -0.05) is 6.07 Å². The second-order valence-electron chi connectivity index (χ2n) is 6.51. The molecule has 3 N–H and O–H groups in total. The number of carbonyl (C=O) groups is 1. The standard InChI is InChI=1S/C18H20N4O2S/c23-13-3-1-2-12(5-6-13)20-18-21-15(17(24)22-18)8-11-4-7-14-16(9-11)25-10-19-14/h4,7-10,12-13,23H,1-3,5-6H2,(H2,20,21,22,24)/b15-8-/t12-,13+/m0/s1. The number of fused-ring (bicyclic) bond motifs is 1. The van der Waals surface area contributed by atoms with Gasteiger partial charge >= 0.3 is 0 Å². The summed E-state index contributed by atoms with van der Waals surface area (Å²) in [6.07, 6.45) is 5.98. The van der Waals surface area contributed by atoms with E-state index < -0.39 is 0 Å². The van der Waals surface area contributed by atoms with Crippen molar-refractivity contribution in [3.63, 3.8) is 0 Å². The maximum atomic E-state index is 12.2. The molecule has 2 heterocycles. The third kappa shape index (κ3) is 3.72. The molecule has 1 saturated heterocycles. The first kappa shape index (κ1) is 16.2. The highest BCUT2D eigenvalue weighted by Gasteiger charge is 2.24. The zero-order valence-electron chi connectivity index (χ0n) is 13.7. The largest absolute Gasteiger partial charge is 0.393 e. The number of hydrogen-bond donors (Lipinski definition) is 3. The molecule has 2 atom stereocenters. The highest BCUT2D eigenvalue weighted by molar-refractivity contribution is 7.16. The molecule has 2 fully saturated rings. The molecule has 1 aliphatic carbocycles. The van der Waals surface area contributed by atoms with Crippen LogP contribution in [0.5, 0.6) is 0 Å². The first-order chi connectivity index (χ1) is 12.2.